The van der Waals surface area contributed by atoms with Gasteiger partial charge < -0.3 is 15.4 Å². The monoisotopic (exact) mass is 266 g/mol. The molecule has 108 valence electrons. The van der Waals surface area contributed by atoms with Gasteiger partial charge in [-0.05, 0) is 52.2 Å². The molecule has 1 aliphatic heterocycles. The van der Waals surface area contributed by atoms with Crippen LogP contribution in [0.25, 0.3) is 0 Å². The second kappa shape index (κ2) is 6.13. The second-order valence-corrected chi connectivity index (χ2v) is 6.03. The zero-order valence-corrected chi connectivity index (χ0v) is 12.7. The Hall–Kier alpha value is -1.45. The Kier molecular flexibility index (Phi) is 5.04. The van der Waals surface area contributed by atoms with Crippen LogP contribution in [0, 0.1) is 0 Å². The van der Waals surface area contributed by atoms with Crippen LogP contribution >= 0.6 is 0 Å². The van der Waals surface area contributed by atoms with Gasteiger partial charge in [0.05, 0.1) is 0 Å². The molecule has 19 heavy (non-hydrogen) atoms. The molecule has 0 aromatic heterocycles. The van der Waals surface area contributed by atoms with Crippen LogP contribution in [0.1, 0.15) is 47.5 Å². The van der Waals surface area contributed by atoms with E-state index in [-0.39, 0.29) is 6.09 Å². The summed E-state index contributed by atoms with van der Waals surface area (Å²) in [6.07, 6.45) is 3.50. The van der Waals surface area contributed by atoms with Crippen LogP contribution in [0.2, 0.25) is 0 Å². The first-order valence-corrected chi connectivity index (χ1v) is 6.85. The fourth-order valence-electron chi connectivity index (χ4n) is 1.94. The molecule has 0 spiro atoms. The average molecular weight is 266 g/mol. The molecule has 0 radical (unpaired) electrons. The van der Waals surface area contributed by atoms with E-state index in [4.69, 9.17) is 10.5 Å². The minimum Gasteiger partial charge on any atom is -0.444 e. The number of carbonyl (C=O) groups excluding carboxylic acids is 1. The van der Waals surface area contributed by atoms with E-state index < -0.39 is 5.60 Å². The van der Waals surface area contributed by atoms with Gasteiger partial charge in [-0.2, -0.15) is 0 Å². The highest BCUT2D eigenvalue weighted by atomic mass is 16.6. The van der Waals surface area contributed by atoms with Crippen molar-refractivity contribution >= 4 is 6.09 Å². The molecule has 0 atom stereocenters. The van der Waals surface area contributed by atoms with Crippen molar-refractivity contribution in [1.29, 1.82) is 0 Å². The van der Waals surface area contributed by atoms with Crippen molar-refractivity contribution in [2.24, 2.45) is 5.73 Å². The van der Waals surface area contributed by atoms with Crippen molar-refractivity contribution in [3.63, 3.8) is 0 Å². The summed E-state index contributed by atoms with van der Waals surface area (Å²) in [4.78, 5) is 13.7. The van der Waals surface area contributed by atoms with Gasteiger partial charge in [0.15, 0.2) is 0 Å². The Bertz CT molecular complexity index is 403. The van der Waals surface area contributed by atoms with Gasteiger partial charge in [-0.3, -0.25) is 0 Å². The molecule has 0 aromatic rings. The van der Waals surface area contributed by atoms with Crippen molar-refractivity contribution in [3.05, 3.63) is 22.9 Å². The fraction of sp³-hybridized carbons (Fsp3) is 0.667. The number of hydrogen-bond donors (Lipinski definition) is 1. The van der Waals surface area contributed by atoms with Crippen LogP contribution < -0.4 is 5.73 Å². The predicted molar refractivity (Wildman–Crippen MR) is 77.7 cm³/mol. The van der Waals surface area contributed by atoms with Gasteiger partial charge in [0.1, 0.15) is 5.60 Å². The number of ether oxygens (including phenoxy) is 1. The Labute approximate surface area is 116 Å². The summed E-state index contributed by atoms with van der Waals surface area (Å²) in [5.74, 6) is 0. The number of amides is 1. The molecule has 1 amide bonds. The highest BCUT2D eigenvalue weighted by Gasteiger charge is 2.25. The van der Waals surface area contributed by atoms with E-state index in [1.165, 1.54) is 11.1 Å². The molecule has 1 rings (SSSR count). The summed E-state index contributed by atoms with van der Waals surface area (Å²) < 4.78 is 5.39. The highest BCUT2D eigenvalue weighted by Crippen LogP contribution is 2.21. The van der Waals surface area contributed by atoms with E-state index in [0.717, 1.165) is 18.5 Å². The minimum absolute atomic E-state index is 0.238. The molecule has 0 aromatic carbocycles. The zero-order valence-electron chi connectivity index (χ0n) is 12.7. The van der Waals surface area contributed by atoms with E-state index in [1.807, 2.05) is 40.7 Å². The average Bonchev–Trinajstić information content (AvgIpc) is 2.29. The smallest absolute Gasteiger partial charge is 0.410 e. The summed E-state index contributed by atoms with van der Waals surface area (Å²) in [5.41, 5.74) is 8.75. The lowest BCUT2D eigenvalue weighted by molar-refractivity contribution is 0.0260. The Morgan fingerprint density at radius 3 is 2.58 bits per heavy atom. The molecular formula is C15H26N2O2. The molecule has 0 saturated heterocycles. The molecule has 0 saturated carbocycles. The lowest BCUT2D eigenvalue weighted by atomic mass is 10.00. The van der Waals surface area contributed by atoms with Crippen LogP contribution in [0.3, 0.4) is 0 Å². The van der Waals surface area contributed by atoms with Gasteiger partial charge in [0, 0.05) is 18.8 Å². The molecule has 0 aliphatic carbocycles. The highest BCUT2D eigenvalue weighted by molar-refractivity contribution is 5.69. The van der Waals surface area contributed by atoms with Crippen LogP contribution in [-0.2, 0) is 4.74 Å². The lowest BCUT2D eigenvalue weighted by Crippen LogP contribution is -2.40. The molecule has 1 heterocycles. The number of nitrogens with zero attached hydrogens (tertiary/aromatic N) is 1. The number of hydrogen-bond acceptors (Lipinski definition) is 3. The molecule has 4 heteroatoms. The summed E-state index contributed by atoms with van der Waals surface area (Å²) in [6, 6.07) is 0. The van der Waals surface area contributed by atoms with E-state index in [9.17, 15) is 4.79 Å². The van der Waals surface area contributed by atoms with Crippen molar-refractivity contribution in [3.8, 4) is 0 Å². The SMILES string of the molecule is CC/C(N)=C\C1=C(C)CN(C(=O)OC(C)(C)C)CC1. The van der Waals surface area contributed by atoms with Crippen LogP contribution in [0.4, 0.5) is 4.79 Å². The molecule has 0 fully saturated rings. The van der Waals surface area contributed by atoms with Crippen LogP contribution in [0.5, 0.6) is 0 Å². The normalized spacial score (nSPS) is 17.7. The third-order valence-electron chi connectivity index (χ3n) is 3.05. The fourth-order valence-corrected chi connectivity index (χ4v) is 1.94. The molecular weight excluding hydrogens is 240 g/mol. The molecule has 1 aliphatic rings. The molecule has 0 bridgehead atoms. The summed E-state index contributed by atoms with van der Waals surface area (Å²) in [5, 5.41) is 0. The number of rotatable bonds is 2. The standard InChI is InChI=1S/C15H26N2O2/c1-6-13(16)9-12-7-8-17(10-11(12)2)14(18)19-15(3,4)5/h9H,6-8,10,16H2,1-5H3/b13-9+. The van der Waals surface area contributed by atoms with Gasteiger partial charge in [0.2, 0.25) is 0 Å². The number of allylic oxidation sites excluding steroid dienone is 2. The summed E-state index contributed by atoms with van der Waals surface area (Å²) in [6.45, 7) is 11.0. The first-order valence-electron chi connectivity index (χ1n) is 6.85. The summed E-state index contributed by atoms with van der Waals surface area (Å²) >= 11 is 0. The Morgan fingerprint density at radius 2 is 2.11 bits per heavy atom. The van der Waals surface area contributed by atoms with Gasteiger partial charge in [-0.1, -0.05) is 12.5 Å². The first kappa shape index (κ1) is 15.6. The summed E-state index contributed by atoms with van der Waals surface area (Å²) in [7, 11) is 0. The van der Waals surface area contributed by atoms with E-state index in [0.29, 0.717) is 13.1 Å². The Balaban J connectivity index is 2.71. The molecule has 2 N–H and O–H groups in total. The van der Waals surface area contributed by atoms with Gasteiger partial charge in [-0.15, -0.1) is 0 Å². The Morgan fingerprint density at radius 1 is 1.47 bits per heavy atom. The van der Waals surface area contributed by atoms with Gasteiger partial charge >= 0.3 is 6.09 Å². The van der Waals surface area contributed by atoms with E-state index >= 15 is 0 Å². The maximum Gasteiger partial charge on any atom is 0.410 e. The van der Waals surface area contributed by atoms with E-state index in [2.05, 4.69) is 0 Å². The van der Waals surface area contributed by atoms with E-state index in [1.54, 1.807) is 4.90 Å². The number of nitrogens with two attached hydrogens (primary N) is 1. The maximum absolute atomic E-state index is 12.0. The van der Waals surface area contributed by atoms with Crippen LogP contribution in [-0.4, -0.2) is 29.7 Å². The predicted octanol–water partition coefficient (Wildman–Crippen LogP) is 3.20. The third kappa shape index (κ3) is 4.97. The third-order valence-corrected chi connectivity index (χ3v) is 3.05. The first-order chi connectivity index (χ1) is 8.73. The van der Waals surface area contributed by atoms with Crippen molar-refractivity contribution in [1.82, 2.24) is 4.90 Å². The van der Waals surface area contributed by atoms with Crippen molar-refractivity contribution in [2.75, 3.05) is 13.1 Å². The molecule has 4 nitrogen and oxygen atoms in total. The minimum atomic E-state index is -0.443. The van der Waals surface area contributed by atoms with Gasteiger partial charge in [-0.25, -0.2) is 4.79 Å². The number of carbonyl (C=O) groups is 1. The van der Waals surface area contributed by atoms with Crippen LogP contribution in [0.15, 0.2) is 22.9 Å². The topological polar surface area (TPSA) is 55.6 Å². The van der Waals surface area contributed by atoms with Gasteiger partial charge in [0.25, 0.3) is 0 Å². The van der Waals surface area contributed by atoms with Crippen molar-refractivity contribution in [2.45, 2.75) is 53.1 Å². The zero-order chi connectivity index (χ0) is 14.6. The quantitative estimate of drug-likeness (QED) is 0.835. The second-order valence-electron chi connectivity index (χ2n) is 6.03. The molecule has 0 unspecified atom stereocenters. The maximum atomic E-state index is 12.0. The lowest BCUT2D eigenvalue weighted by Gasteiger charge is -2.31. The van der Waals surface area contributed by atoms with Crippen molar-refractivity contribution < 1.29 is 9.53 Å². The largest absolute Gasteiger partial charge is 0.444 e.